The van der Waals surface area contributed by atoms with Crippen LogP contribution in [0, 0.1) is 0 Å². The lowest BCUT2D eigenvalue weighted by Crippen LogP contribution is -2.11. The van der Waals surface area contributed by atoms with Gasteiger partial charge < -0.3 is 20.2 Å². The van der Waals surface area contributed by atoms with Gasteiger partial charge in [0.2, 0.25) is 0 Å². The maximum Gasteiger partial charge on any atom is 0.274 e. The number of nitrogens with one attached hydrogen (secondary N) is 1. The van der Waals surface area contributed by atoms with E-state index in [2.05, 4.69) is 9.97 Å². The van der Waals surface area contributed by atoms with Crippen molar-refractivity contribution in [2.24, 2.45) is 0 Å². The van der Waals surface area contributed by atoms with E-state index in [4.69, 9.17) is 15.2 Å². The molecule has 0 spiro atoms. The van der Waals surface area contributed by atoms with Gasteiger partial charge in [0.1, 0.15) is 5.69 Å². The molecule has 3 aromatic rings. The van der Waals surface area contributed by atoms with Crippen LogP contribution < -0.4 is 20.8 Å². The van der Waals surface area contributed by atoms with Crippen LogP contribution >= 0.6 is 0 Å². The fourth-order valence-corrected chi connectivity index (χ4v) is 2.28. The highest BCUT2D eigenvalue weighted by Crippen LogP contribution is 2.30. The van der Waals surface area contributed by atoms with Crippen molar-refractivity contribution in [1.29, 1.82) is 0 Å². The molecule has 3 rings (SSSR count). The third-order valence-electron chi connectivity index (χ3n) is 3.37. The highest BCUT2D eigenvalue weighted by atomic mass is 16.5. The fraction of sp³-hybridized carbons (Fsp3) is 0.125. The van der Waals surface area contributed by atoms with Gasteiger partial charge in [0, 0.05) is 11.3 Å². The van der Waals surface area contributed by atoms with Gasteiger partial charge in [-0.15, -0.1) is 0 Å². The number of aromatic nitrogens is 2. The summed E-state index contributed by atoms with van der Waals surface area (Å²) in [6, 6.07) is 10.4. The van der Waals surface area contributed by atoms with Crippen molar-refractivity contribution in [3.05, 3.63) is 46.8 Å². The molecule has 0 aliphatic carbocycles. The van der Waals surface area contributed by atoms with Gasteiger partial charge in [0.05, 0.1) is 25.3 Å². The van der Waals surface area contributed by atoms with E-state index in [0.29, 0.717) is 39.5 Å². The molecule has 0 amide bonds. The summed E-state index contributed by atoms with van der Waals surface area (Å²) in [6.07, 6.45) is 0. The first kappa shape index (κ1) is 13.9. The molecule has 112 valence electrons. The zero-order valence-corrected chi connectivity index (χ0v) is 12.2. The molecule has 6 heteroatoms. The number of aromatic amines is 1. The molecule has 0 bridgehead atoms. The first-order valence-electron chi connectivity index (χ1n) is 6.64. The number of nitrogen functional groups attached to an aromatic ring is 1. The lowest BCUT2D eigenvalue weighted by molar-refractivity contribution is 0.355. The molecule has 0 aliphatic rings. The average Bonchev–Trinajstić information content (AvgIpc) is 2.53. The van der Waals surface area contributed by atoms with E-state index < -0.39 is 0 Å². The number of nitrogens with zero attached hydrogens (tertiary/aromatic N) is 1. The lowest BCUT2D eigenvalue weighted by atomic mass is 10.1. The lowest BCUT2D eigenvalue weighted by Gasteiger charge is -2.09. The van der Waals surface area contributed by atoms with E-state index in [1.165, 1.54) is 0 Å². The summed E-state index contributed by atoms with van der Waals surface area (Å²) in [6.45, 7) is 0. The van der Waals surface area contributed by atoms with Crippen molar-refractivity contribution in [1.82, 2.24) is 9.97 Å². The Bertz CT molecular complexity index is 903. The highest BCUT2D eigenvalue weighted by Gasteiger charge is 2.11. The molecule has 1 aromatic heterocycles. The maximum atomic E-state index is 12.3. The Labute approximate surface area is 126 Å². The topological polar surface area (TPSA) is 90.2 Å². The second kappa shape index (κ2) is 5.40. The van der Waals surface area contributed by atoms with Gasteiger partial charge in [-0.2, -0.15) is 0 Å². The van der Waals surface area contributed by atoms with Gasteiger partial charge in [-0.3, -0.25) is 4.79 Å². The standard InChI is InChI=1S/C16H15N3O3/c1-21-13-6-3-9(7-14(13)22-2)15-16(20)19-12-8-10(17)4-5-11(12)18-15/h3-8H,17H2,1-2H3,(H,19,20). The summed E-state index contributed by atoms with van der Waals surface area (Å²) in [5.74, 6) is 1.13. The molecule has 0 radical (unpaired) electrons. The van der Waals surface area contributed by atoms with Crippen molar-refractivity contribution in [2.45, 2.75) is 0 Å². The van der Waals surface area contributed by atoms with Gasteiger partial charge in [0.15, 0.2) is 11.5 Å². The number of hydrogen-bond acceptors (Lipinski definition) is 5. The summed E-state index contributed by atoms with van der Waals surface area (Å²) in [7, 11) is 3.10. The number of nitrogens with two attached hydrogens (primary N) is 1. The molecule has 3 N–H and O–H groups in total. The van der Waals surface area contributed by atoms with E-state index in [9.17, 15) is 4.79 Å². The van der Waals surface area contributed by atoms with Crippen molar-refractivity contribution < 1.29 is 9.47 Å². The van der Waals surface area contributed by atoms with Crippen LogP contribution in [0.15, 0.2) is 41.2 Å². The van der Waals surface area contributed by atoms with Gasteiger partial charge >= 0.3 is 0 Å². The van der Waals surface area contributed by atoms with E-state index >= 15 is 0 Å². The summed E-state index contributed by atoms with van der Waals surface area (Å²) in [4.78, 5) is 19.5. The van der Waals surface area contributed by atoms with Crippen LogP contribution in [0.1, 0.15) is 0 Å². The third-order valence-corrected chi connectivity index (χ3v) is 3.37. The quantitative estimate of drug-likeness (QED) is 0.723. The molecule has 0 saturated heterocycles. The molecule has 0 atom stereocenters. The maximum absolute atomic E-state index is 12.3. The Morgan fingerprint density at radius 2 is 1.82 bits per heavy atom. The fourth-order valence-electron chi connectivity index (χ4n) is 2.28. The van der Waals surface area contributed by atoms with Crippen LogP contribution in [0.25, 0.3) is 22.3 Å². The number of methoxy groups -OCH3 is 2. The Balaban J connectivity index is 2.19. The Morgan fingerprint density at radius 1 is 1.05 bits per heavy atom. The number of anilines is 1. The normalized spacial score (nSPS) is 10.6. The zero-order valence-electron chi connectivity index (χ0n) is 12.2. The Hall–Kier alpha value is -3.02. The van der Waals surface area contributed by atoms with Gasteiger partial charge in [-0.1, -0.05) is 0 Å². The molecular formula is C16H15N3O3. The number of H-pyrrole nitrogens is 1. The first-order valence-corrected chi connectivity index (χ1v) is 6.64. The largest absolute Gasteiger partial charge is 0.493 e. The van der Waals surface area contributed by atoms with Crippen LogP contribution in [-0.4, -0.2) is 24.2 Å². The van der Waals surface area contributed by atoms with Crippen LogP contribution in [0.2, 0.25) is 0 Å². The molecule has 0 unspecified atom stereocenters. The molecule has 0 aliphatic heterocycles. The first-order chi connectivity index (χ1) is 10.6. The molecule has 0 fully saturated rings. The molecule has 0 saturated carbocycles. The van der Waals surface area contributed by atoms with Crippen LogP contribution in [0.3, 0.4) is 0 Å². The van der Waals surface area contributed by atoms with Crippen LogP contribution in [-0.2, 0) is 0 Å². The second-order valence-corrected chi connectivity index (χ2v) is 4.76. The summed E-state index contributed by atoms with van der Waals surface area (Å²) in [5.41, 5.74) is 8.24. The van der Waals surface area contributed by atoms with Gasteiger partial charge in [0.25, 0.3) is 5.56 Å². The number of hydrogen-bond donors (Lipinski definition) is 2. The van der Waals surface area contributed by atoms with Crippen molar-refractivity contribution >= 4 is 16.7 Å². The highest BCUT2D eigenvalue weighted by molar-refractivity contribution is 5.80. The van der Waals surface area contributed by atoms with Crippen molar-refractivity contribution in [3.8, 4) is 22.8 Å². The molecular weight excluding hydrogens is 282 g/mol. The summed E-state index contributed by atoms with van der Waals surface area (Å²) >= 11 is 0. The number of ether oxygens (including phenoxy) is 2. The monoisotopic (exact) mass is 297 g/mol. The van der Waals surface area contributed by atoms with Crippen LogP contribution in [0.5, 0.6) is 11.5 Å². The number of rotatable bonds is 3. The third kappa shape index (κ3) is 2.35. The Morgan fingerprint density at radius 3 is 2.55 bits per heavy atom. The zero-order chi connectivity index (χ0) is 15.7. The predicted molar refractivity (Wildman–Crippen MR) is 85.3 cm³/mol. The van der Waals surface area contributed by atoms with E-state index in [0.717, 1.165) is 0 Å². The van der Waals surface area contributed by atoms with E-state index in [1.54, 1.807) is 50.6 Å². The van der Waals surface area contributed by atoms with Gasteiger partial charge in [-0.05, 0) is 36.4 Å². The Kier molecular flexibility index (Phi) is 3.42. The van der Waals surface area contributed by atoms with Crippen LogP contribution in [0.4, 0.5) is 5.69 Å². The smallest absolute Gasteiger partial charge is 0.274 e. The summed E-state index contributed by atoms with van der Waals surface area (Å²) in [5, 5.41) is 0. The minimum atomic E-state index is -0.287. The summed E-state index contributed by atoms with van der Waals surface area (Å²) < 4.78 is 10.5. The average molecular weight is 297 g/mol. The van der Waals surface area contributed by atoms with Crippen molar-refractivity contribution in [2.75, 3.05) is 20.0 Å². The molecule has 22 heavy (non-hydrogen) atoms. The SMILES string of the molecule is COc1ccc(-c2nc3ccc(N)cc3[nH]c2=O)cc1OC. The second-order valence-electron chi connectivity index (χ2n) is 4.76. The molecule has 6 nitrogen and oxygen atoms in total. The van der Waals surface area contributed by atoms with E-state index in [1.807, 2.05) is 0 Å². The minimum Gasteiger partial charge on any atom is -0.493 e. The van der Waals surface area contributed by atoms with Crippen molar-refractivity contribution in [3.63, 3.8) is 0 Å². The molecule has 1 heterocycles. The predicted octanol–water partition coefficient (Wildman–Crippen LogP) is 2.19. The number of benzene rings is 2. The minimum absolute atomic E-state index is 0.287. The van der Waals surface area contributed by atoms with Gasteiger partial charge in [-0.25, -0.2) is 4.98 Å². The van der Waals surface area contributed by atoms with E-state index in [-0.39, 0.29) is 5.56 Å². The number of fused-ring (bicyclic) bond motifs is 1. The molecule has 2 aromatic carbocycles.